The van der Waals surface area contributed by atoms with E-state index in [4.69, 9.17) is 0 Å². The van der Waals surface area contributed by atoms with Crippen molar-refractivity contribution in [3.63, 3.8) is 0 Å². The standard InChI is InChI=1S/C14H15BrF2O2/c1-2-19-13(18)10-12(14(15,16)17)9-8-11-6-4-3-5-7-11/h3-7,10H,2,8-9H2,1H3/b12-10+. The van der Waals surface area contributed by atoms with Crippen molar-refractivity contribution in [2.45, 2.75) is 24.6 Å². The fraction of sp³-hybridized carbons (Fsp3) is 0.357. The third-order valence-corrected chi connectivity index (χ3v) is 2.98. The van der Waals surface area contributed by atoms with Gasteiger partial charge in [-0.3, -0.25) is 0 Å². The molecular formula is C14H15BrF2O2. The molecule has 5 heteroatoms. The van der Waals surface area contributed by atoms with E-state index in [2.05, 4.69) is 20.7 Å². The molecule has 0 aliphatic heterocycles. The van der Waals surface area contributed by atoms with Crippen LogP contribution in [0.5, 0.6) is 0 Å². The van der Waals surface area contributed by atoms with E-state index in [-0.39, 0.29) is 18.6 Å². The lowest BCUT2D eigenvalue weighted by Gasteiger charge is -2.13. The number of aryl methyl sites for hydroxylation is 1. The molecular weight excluding hydrogens is 318 g/mol. The SMILES string of the molecule is CCOC(=O)/C=C(\CCc1ccccc1)C(F)(F)Br. The molecule has 104 valence electrons. The van der Waals surface area contributed by atoms with Crippen LogP contribution in [0.25, 0.3) is 0 Å². The van der Waals surface area contributed by atoms with Crippen molar-refractivity contribution in [1.29, 1.82) is 0 Å². The minimum absolute atomic E-state index is 0.0844. The smallest absolute Gasteiger partial charge is 0.330 e. The fourth-order valence-electron chi connectivity index (χ4n) is 1.55. The van der Waals surface area contributed by atoms with Crippen LogP contribution in [-0.2, 0) is 16.0 Å². The van der Waals surface area contributed by atoms with Crippen LogP contribution in [-0.4, -0.2) is 17.4 Å². The van der Waals surface area contributed by atoms with Crippen LogP contribution in [0, 0.1) is 0 Å². The van der Waals surface area contributed by atoms with Gasteiger partial charge in [-0.1, -0.05) is 30.3 Å². The summed E-state index contributed by atoms with van der Waals surface area (Å²) >= 11 is 2.29. The summed E-state index contributed by atoms with van der Waals surface area (Å²) in [5, 5.41) is 0. The maximum atomic E-state index is 13.3. The minimum Gasteiger partial charge on any atom is -0.463 e. The summed E-state index contributed by atoms with van der Waals surface area (Å²) in [4.78, 5) is 8.06. The predicted octanol–water partition coefficient (Wildman–Crippen LogP) is 4.10. The van der Waals surface area contributed by atoms with E-state index in [0.717, 1.165) is 11.6 Å². The van der Waals surface area contributed by atoms with Crippen LogP contribution in [0.15, 0.2) is 42.0 Å². The maximum Gasteiger partial charge on any atom is 0.330 e. The summed E-state index contributed by atoms with van der Waals surface area (Å²) < 4.78 is 31.3. The molecule has 0 heterocycles. The highest BCUT2D eigenvalue weighted by Crippen LogP contribution is 2.33. The topological polar surface area (TPSA) is 26.3 Å². The van der Waals surface area contributed by atoms with E-state index < -0.39 is 10.8 Å². The van der Waals surface area contributed by atoms with E-state index in [0.29, 0.717) is 6.42 Å². The van der Waals surface area contributed by atoms with Crippen LogP contribution in [0.1, 0.15) is 18.9 Å². The van der Waals surface area contributed by atoms with Gasteiger partial charge in [0.15, 0.2) is 0 Å². The molecule has 0 aromatic heterocycles. The van der Waals surface area contributed by atoms with Gasteiger partial charge < -0.3 is 4.74 Å². The second-order valence-corrected chi connectivity index (χ2v) is 4.90. The van der Waals surface area contributed by atoms with Gasteiger partial charge in [-0.05, 0) is 41.3 Å². The number of hydrogen-bond donors (Lipinski definition) is 0. The van der Waals surface area contributed by atoms with Crippen LogP contribution >= 0.6 is 15.9 Å². The molecule has 0 atom stereocenters. The molecule has 0 unspecified atom stereocenters. The van der Waals surface area contributed by atoms with Crippen molar-refractivity contribution in [2.75, 3.05) is 6.61 Å². The number of alkyl halides is 3. The first-order valence-electron chi connectivity index (χ1n) is 5.92. The van der Waals surface area contributed by atoms with Crippen LogP contribution < -0.4 is 0 Å². The number of benzene rings is 1. The molecule has 0 bridgehead atoms. The Morgan fingerprint density at radius 2 is 2.00 bits per heavy atom. The van der Waals surface area contributed by atoms with E-state index in [1.807, 2.05) is 30.3 Å². The van der Waals surface area contributed by atoms with Gasteiger partial charge in [-0.15, -0.1) is 0 Å². The Morgan fingerprint density at radius 1 is 1.37 bits per heavy atom. The third kappa shape index (κ3) is 5.96. The Balaban J connectivity index is 2.74. The molecule has 0 amide bonds. The number of rotatable bonds is 6. The van der Waals surface area contributed by atoms with Gasteiger partial charge in [0.1, 0.15) is 0 Å². The number of carbonyl (C=O) groups is 1. The largest absolute Gasteiger partial charge is 0.463 e. The number of allylic oxidation sites excluding steroid dienone is 1. The zero-order valence-electron chi connectivity index (χ0n) is 10.5. The average molecular weight is 333 g/mol. The van der Waals surface area contributed by atoms with Crippen molar-refractivity contribution >= 4 is 21.9 Å². The van der Waals surface area contributed by atoms with Crippen molar-refractivity contribution in [3.8, 4) is 0 Å². The Morgan fingerprint density at radius 3 is 2.53 bits per heavy atom. The molecule has 0 N–H and O–H groups in total. The monoisotopic (exact) mass is 332 g/mol. The van der Waals surface area contributed by atoms with Crippen LogP contribution in [0.4, 0.5) is 8.78 Å². The van der Waals surface area contributed by atoms with Gasteiger partial charge in [-0.2, -0.15) is 8.78 Å². The normalized spacial score (nSPS) is 12.3. The lowest BCUT2D eigenvalue weighted by molar-refractivity contribution is -0.137. The molecule has 0 aliphatic rings. The van der Waals surface area contributed by atoms with Gasteiger partial charge in [0.25, 0.3) is 0 Å². The molecule has 0 spiro atoms. The van der Waals surface area contributed by atoms with E-state index >= 15 is 0 Å². The Hall–Kier alpha value is -1.23. The fourth-order valence-corrected chi connectivity index (χ4v) is 1.86. The molecule has 2 nitrogen and oxygen atoms in total. The molecule has 1 aromatic carbocycles. The number of ether oxygens (including phenoxy) is 1. The number of hydrogen-bond acceptors (Lipinski definition) is 2. The van der Waals surface area contributed by atoms with Gasteiger partial charge in [0.05, 0.1) is 6.61 Å². The molecule has 0 saturated heterocycles. The summed E-state index contributed by atoms with van der Waals surface area (Å²) in [5.74, 6) is -0.746. The van der Waals surface area contributed by atoms with Gasteiger partial charge in [-0.25, -0.2) is 4.79 Å². The van der Waals surface area contributed by atoms with Gasteiger partial charge in [0.2, 0.25) is 0 Å². The molecule has 0 radical (unpaired) electrons. The summed E-state index contributed by atoms with van der Waals surface area (Å²) in [6, 6.07) is 9.26. The average Bonchev–Trinajstić information content (AvgIpc) is 2.34. The minimum atomic E-state index is -3.20. The highest BCUT2D eigenvalue weighted by atomic mass is 79.9. The van der Waals surface area contributed by atoms with E-state index in [1.165, 1.54) is 0 Å². The Kier molecular flexibility index (Phi) is 6.15. The second-order valence-electron chi connectivity index (χ2n) is 3.90. The summed E-state index contributed by atoms with van der Waals surface area (Å²) in [6.45, 7) is 1.79. The first kappa shape index (κ1) is 15.8. The molecule has 19 heavy (non-hydrogen) atoms. The van der Waals surface area contributed by atoms with Crippen molar-refractivity contribution in [1.82, 2.24) is 0 Å². The van der Waals surface area contributed by atoms with E-state index in [1.54, 1.807) is 6.92 Å². The van der Waals surface area contributed by atoms with Crippen LogP contribution in [0.2, 0.25) is 0 Å². The number of esters is 1. The van der Waals surface area contributed by atoms with Crippen molar-refractivity contribution in [2.24, 2.45) is 0 Å². The first-order valence-corrected chi connectivity index (χ1v) is 6.71. The van der Waals surface area contributed by atoms with Gasteiger partial charge in [0, 0.05) is 11.6 Å². The lowest BCUT2D eigenvalue weighted by Crippen LogP contribution is -2.13. The summed E-state index contributed by atoms with van der Waals surface area (Å²) in [5.41, 5.74) is 0.656. The van der Waals surface area contributed by atoms with Crippen LogP contribution in [0.3, 0.4) is 0 Å². The lowest BCUT2D eigenvalue weighted by atomic mass is 10.0. The molecule has 0 aliphatic carbocycles. The van der Waals surface area contributed by atoms with Crippen molar-refractivity contribution < 1.29 is 18.3 Å². The predicted molar refractivity (Wildman–Crippen MR) is 73.4 cm³/mol. The first-order chi connectivity index (χ1) is 8.93. The zero-order chi connectivity index (χ0) is 14.3. The molecule has 0 saturated carbocycles. The summed E-state index contributed by atoms with van der Waals surface area (Å²) in [6.07, 6.45) is 1.38. The number of halogens is 3. The summed E-state index contributed by atoms with van der Waals surface area (Å²) in [7, 11) is 0. The molecule has 1 aromatic rings. The second kappa shape index (κ2) is 7.38. The number of carbonyl (C=O) groups excluding carboxylic acids is 1. The van der Waals surface area contributed by atoms with E-state index in [9.17, 15) is 13.6 Å². The Bertz CT molecular complexity index is 439. The van der Waals surface area contributed by atoms with Crippen molar-refractivity contribution in [3.05, 3.63) is 47.5 Å². The highest BCUT2D eigenvalue weighted by molar-refractivity contribution is 9.10. The zero-order valence-corrected chi connectivity index (χ0v) is 12.1. The highest BCUT2D eigenvalue weighted by Gasteiger charge is 2.30. The molecule has 1 rings (SSSR count). The quantitative estimate of drug-likeness (QED) is 0.445. The van der Waals surface area contributed by atoms with Gasteiger partial charge >= 0.3 is 10.8 Å². The maximum absolute atomic E-state index is 13.3. The Labute approximate surface area is 119 Å². The third-order valence-electron chi connectivity index (χ3n) is 2.47. The molecule has 0 fully saturated rings.